The average molecular weight is 450 g/mol. The number of para-hydroxylation sites is 1. The first kappa shape index (κ1) is 22.8. The second-order valence-electron chi connectivity index (χ2n) is 7.66. The van der Waals surface area contributed by atoms with Gasteiger partial charge in [-0.3, -0.25) is 9.59 Å². The molecule has 1 aromatic heterocycles. The fraction of sp³-hybridized carbons (Fsp3) is 0.476. The second-order valence-corrected chi connectivity index (χ2v) is 9.89. The van der Waals surface area contributed by atoms with E-state index in [1.807, 2.05) is 24.3 Å². The molecule has 2 amide bonds. The molecule has 1 aromatic carbocycles. The SMILES string of the molecule is CCN(C(=O)COC(=O)C(Cc1c[nH]c2ccccc12)NC(C)=O)C1CCS(=O)(=O)C1. The number of nitrogens with zero attached hydrogens (tertiary/aromatic N) is 1. The Balaban J connectivity index is 1.65. The fourth-order valence-corrected chi connectivity index (χ4v) is 5.67. The van der Waals surface area contributed by atoms with Crippen molar-refractivity contribution >= 4 is 38.5 Å². The van der Waals surface area contributed by atoms with Crippen molar-refractivity contribution in [2.75, 3.05) is 24.7 Å². The van der Waals surface area contributed by atoms with Crippen LogP contribution in [0.2, 0.25) is 0 Å². The van der Waals surface area contributed by atoms with E-state index >= 15 is 0 Å². The summed E-state index contributed by atoms with van der Waals surface area (Å²) in [6.45, 7) is 2.87. The Labute approximate surface area is 181 Å². The Hall–Kier alpha value is -2.88. The number of benzene rings is 1. The molecule has 2 atom stereocenters. The maximum absolute atomic E-state index is 12.7. The number of sulfone groups is 1. The molecule has 1 saturated heterocycles. The van der Waals surface area contributed by atoms with Gasteiger partial charge in [0.05, 0.1) is 11.5 Å². The van der Waals surface area contributed by atoms with E-state index in [1.54, 1.807) is 13.1 Å². The molecule has 0 spiro atoms. The lowest BCUT2D eigenvalue weighted by molar-refractivity contribution is -0.155. The van der Waals surface area contributed by atoms with Crippen LogP contribution in [-0.4, -0.2) is 72.8 Å². The summed E-state index contributed by atoms with van der Waals surface area (Å²) in [5, 5.41) is 3.52. The van der Waals surface area contributed by atoms with Crippen molar-refractivity contribution in [3.63, 3.8) is 0 Å². The first-order valence-electron chi connectivity index (χ1n) is 10.2. The first-order chi connectivity index (χ1) is 14.7. The van der Waals surface area contributed by atoms with Crippen molar-refractivity contribution in [2.45, 2.75) is 38.8 Å². The molecular formula is C21H27N3O6S. The molecule has 0 radical (unpaired) electrons. The summed E-state index contributed by atoms with van der Waals surface area (Å²) in [4.78, 5) is 41.4. The number of rotatable bonds is 8. The van der Waals surface area contributed by atoms with Gasteiger partial charge in [0.15, 0.2) is 16.4 Å². The van der Waals surface area contributed by atoms with Gasteiger partial charge in [-0.2, -0.15) is 0 Å². The number of nitrogens with one attached hydrogen (secondary N) is 2. The highest BCUT2D eigenvalue weighted by Gasteiger charge is 2.34. The molecule has 2 N–H and O–H groups in total. The number of carbonyl (C=O) groups is 3. The van der Waals surface area contributed by atoms with Crippen LogP contribution in [0.25, 0.3) is 10.9 Å². The quantitative estimate of drug-likeness (QED) is 0.574. The normalized spacial score (nSPS) is 18.5. The minimum absolute atomic E-state index is 0.0520. The van der Waals surface area contributed by atoms with Crippen molar-refractivity contribution in [1.82, 2.24) is 15.2 Å². The lowest BCUT2D eigenvalue weighted by atomic mass is 10.0. The molecule has 10 heteroatoms. The number of aromatic amines is 1. The van der Waals surface area contributed by atoms with Crippen molar-refractivity contribution in [2.24, 2.45) is 0 Å². The zero-order valence-electron chi connectivity index (χ0n) is 17.6. The van der Waals surface area contributed by atoms with Crippen LogP contribution in [0, 0.1) is 0 Å². The summed E-state index contributed by atoms with van der Waals surface area (Å²) in [6.07, 6.45) is 2.36. The van der Waals surface area contributed by atoms with Gasteiger partial charge in [0.1, 0.15) is 6.04 Å². The zero-order valence-corrected chi connectivity index (χ0v) is 18.4. The molecule has 31 heavy (non-hydrogen) atoms. The van der Waals surface area contributed by atoms with Gasteiger partial charge in [0.2, 0.25) is 5.91 Å². The topological polar surface area (TPSA) is 126 Å². The van der Waals surface area contributed by atoms with Gasteiger partial charge < -0.3 is 19.9 Å². The molecular weight excluding hydrogens is 422 g/mol. The van der Waals surface area contributed by atoms with E-state index in [2.05, 4.69) is 10.3 Å². The lowest BCUT2D eigenvalue weighted by Gasteiger charge is -2.27. The fourth-order valence-electron chi connectivity index (χ4n) is 3.93. The van der Waals surface area contributed by atoms with E-state index in [4.69, 9.17) is 4.74 Å². The third-order valence-electron chi connectivity index (χ3n) is 5.41. The Bertz CT molecular complexity index is 1080. The third kappa shape index (κ3) is 5.63. The summed E-state index contributed by atoms with van der Waals surface area (Å²) in [5.41, 5.74) is 1.75. The average Bonchev–Trinajstić information content (AvgIpc) is 3.29. The summed E-state index contributed by atoms with van der Waals surface area (Å²) >= 11 is 0. The molecule has 9 nitrogen and oxygen atoms in total. The first-order valence-corrected chi connectivity index (χ1v) is 12.0. The van der Waals surface area contributed by atoms with E-state index in [9.17, 15) is 22.8 Å². The van der Waals surface area contributed by atoms with E-state index in [0.29, 0.717) is 13.0 Å². The van der Waals surface area contributed by atoms with Crippen LogP contribution in [0.3, 0.4) is 0 Å². The molecule has 0 bridgehead atoms. The van der Waals surface area contributed by atoms with Crippen LogP contribution in [0.4, 0.5) is 0 Å². The number of H-pyrrole nitrogens is 1. The highest BCUT2D eigenvalue weighted by molar-refractivity contribution is 7.91. The van der Waals surface area contributed by atoms with Crippen molar-refractivity contribution < 1.29 is 27.5 Å². The van der Waals surface area contributed by atoms with Crippen LogP contribution in [0.5, 0.6) is 0 Å². The summed E-state index contributed by atoms with van der Waals surface area (Å²) in [7, 11) is -3.14. The monoisotopic (exact) mass is 449 g/mol. The predicted molar refractivity (Wildman–Crippen MR) is 115 cm³/mol. The number of esters is 1. The number of likely N-dealkylation sites (N-methyl/N-ethyl adjacent to an activating group) is 1. The highest BCUT2D eigenvalue weighted by atomic mass is 32.2. The standard InChI is InChI=1S/C21H27N3O6S/c1-3-24(16-8-9-31(28,29)13-16)20(26)12-30-21(27)19(23-14(2)25)10-15-11-22-18-7-5-4-6-17(15)18/h4-7,11,16,19,22H,3,8-10,12-13H2,1-2H3,(H,23,25). The van der Waals surface area contributed by atoms with Crippen LogP contribution in [0.1, 0.15) is 25.8 Å². The minimum atomic E-state index is -3.14. The molecule has 2 heterocycles. The lowest BCUT2D eigenvalue weighted by Crippen LogP contribution is -2.46. The summed E-state index contributed by atoms with van der Waals surface area (Å²) in [5.74, 6) is -1.58. The highest BCUT2D eigenvalue weighted by Crippen LogP contribution is 2.20. The number of aromatic nitrogens is 1. The molecule has 168 valence electrons. The minimum Gasteiger partial charge on any atom is -0.454 e. The third-order valence-corrected chi connectivity index (χ3v) is 7.16. The number of carbonyl (C=O) groups excluding carboxylic acids is 3. The van der Waals surface area contributed by atoms with Gasteiger partial charge in [-0.25, -0.2) is 13.2 Å². The maximum Gasteiger partial charge on any atom is 0.329 e. The molecule has 2 unspecified atom stereocenters. The smallest absolute Gasteiger partial charge is 0.329 e. The molecule has 1 aliphatic rings. The number of hydrogen-bond donors (Lipinski definition) is 2. The van der Waals surface area contributed by atoms with Gasteiger partial charge >= 0.3 is 5.97 Å². The summed E-state index contributed by atoms with van der Waals surface area (Å²) in [6, 6.07) is 6.24. The van der Waals surface area contributed by atoms with Gasteiger partial charge in [-0.05, 0) is 25.0 Å². The van der Waals surface area contributed by atoms with Gasteiger partial charge in [0, 0.05) is 43.0 Å². The van der Waals surface area contributed by atoms with Crippen molar-refractivity contribution in [1.29, 1.82) is 0 Å². The van der Waals surface area contributed by atoms with E-state index in [0.717, 1.165) is 16.5 Å². The number of hydrogen-bond acceptors (Lipinski definition) is 6. The van der Waals surface area contributed by atoms with E-state index in [-0.39, 0.29) is 23.8 Å². The molecule has 1 aliphatic heterocycles. The molecule has 2 aromatic rings. The Kier molecular flexibility index (Phi) is 6.99. The predicted octanol–water partition coefficient (Wildman–Crippen LogP) is 0.794. The van der Waals surface area contributed by atoms with Crippen molar-refractivity contribution in [3.8, 4) is 0 Å². The zero-order chi connectivity index (χ0) is 22.6. The Morgan fingerprint density at radius 3 is 2.68 bits per heavy atom. The maximum atomic E-state index is 12.7. The number of amides is 2. The number of ether oxygens (including phenoxy) is 1. The Morgan fingerprint density at radius 2 is 2.03 bits per heavy atom. The largest absolute Gasteiger partial charge is 0.454 e. The second kappa shape index (κ2) is 9.51. The van der Waals surface area contributed by atoms with Gasteiger partial charge in [-0.15, -0.1) is 0 Å². The Morgan fingerprint density at radius 1 is 1.29 bits per heavy atom. The van der Waals surface area contributed by atoms with Crippen LogP contribution >= 0.6 is 0 Å². The van der Waals surface area contributed by atoms with Crippen molar-refractivity contribution in [3.05, 3.63) is 36.0 Å². The van der Waals surface area contributed by atoms with Crippen LogP contribution < -0.4 is 5.32 Å². The van der Waals surface area contributed by atoms with Crippen LogP contribution in [0.15, 0.2) is 30.5 Å². The molecule has 0 saturated carbocycles. The molecule has 1 fully saturated rings. The number of fused-ring (bicyclic) bond motifs is 1. The van der Waals surface area contributed by atoms with E-state index < -0.39 is 40.4 Å². The van der Waals surface area contributed by atoms with Gasteiger partial charge in [0.25, 0.3) is 5.91 Å². The summed E-state index contributed by atoms with van der Waals surface area (Å²) < 4.78 is 28.7. The van der Waals surface area contributed by atoms with Crippen LogP contribution in [-0.2, 0) is 35.4 Å². The van der Waals surface area contributed by atoms with E-state index in [1.165, 1.54) is 11.8 Å². The molecule has 0 aliphatic carbocycles. The molecule has 3 rings (SSSR count). The van der Waals surface area contributed by atoms with Gasteiger partial charge in [-0.1, -0.05) is 18.2 Å².